The highest BCUT2D eigenvalue weighted by Gasteiger charge is 2.44. The fraction of sp³-hybridized carbons (Fsp3) is 1.00. The van der Waals surface area contributed by atoms with E-state index >= 15 is 0 Å². The molecule has 5 heteroatoms. The van der Waals surface area contributed by atoms with Crippen molar-refractivity contribution in [2.24, 2.45) is 11.8 Å². The molecule has 2 rings (SSSR count). The van der Waals surface area contributed by atoms with E-state index in [4.69, 9.17) is 20.1 Å². The van der Waals surface area contributed by atoms with Gasteiger partial charge in [0.15, 0.2) is 0 Å². The quantitative estimate of drug-likeness (QED) is 0.595. The molecule has 2 fully saturated rings. The predicted octanol–water partition coefficient (Wildman–Crippen LogP) is 1.22. The zero-order valence-corrected chi connectivity index (χ0v) is 12.4. The van der Waals surface area contributed by atoms with Crippen LogP contribution in [0, 0.1) is 5.92 Å². The molecule has 1 spiro atoms. The van der Waals surface area contributed by atoms with Crippen molar-refractivity contribution in [1.82, 2.24) is 5.43 Å². The molecule has 0 saturated carbocycles. The molecular formula is C14H28N2O3. The molecule has 0 aliphatic carbocycles. The number of hydrogen-bond acceptors (Lipinski definition) is 5. The summed E-state index contributed by atoms with van der Waals surface area (Å²) < 4.78 is 17.2. The summed E-state index contributed by atoms with van der Waals surface area (Å²) >= 11 is 0. The van der Waals surface area contributed by atoms with Gasteiger partial charge in [0.1, 0.15) is 0 Å². The van der Waals surface area contributed by atoms with Crippen LogP contribution < -0.4 is 11.3 Å². The van der Waals surface area contributed by atoms with Gasteiger partial charge in [-0.3, -0.25) is 11.3 Å². The first kappa shape index (κ1) is 15.2. The summed E-state index contributed by atoms with van der Waals surface area (Å²) in [5.74, 6) is 6.27. The van der Waals surface area contributed by atoms with Crippen molar-refractivity contribution in [2.45, 2.75) is 56.8 Å². The van der Waals surface area contributed by atoms with Crippen LogP contribution in [-0.2, 0) is 14.2 Å². The first-order valence-electron chi connectivity index (χ1n) is 7.26. The topological polar surface area (TPSA) is 65.7 Å². The standard InChI is InChI=1S/C14H28N2O3/c1-13(2,17-3)12(16-15)11-4-7-19-14(10-11)5-8-18-9-6-14/h11-12,16H,4-10,15H2,1-3H3. The van der Waals surface area contributed by atoms with Gasteiger partial charge in [-0.1, -0.05) is 0 Å². The van der Waals surface area contributed by atoms with Crippen LogP contribution in [0.4, 0.5) is 0 Å². The minimum atomic E-state index is -0.275. The normalized spacial score (nSPS) is 29.4. The second-order valence-electron chi connectivity index (χ2n) is 6.35. The molecule has 2 aliphatic rings. The largest absolute Gasteiger partial charge is 0.381 e. The van der Waals surface area contributed by atoms with E-state index < -0.39 is 0 Å². The van der Waals surface area contributed by atoms with Crippen molar-refractivity contribution in [2.75, 3.05) is 26.9 Å². The highest BCUT2D eigenvalue weighted by atomic mass is 16.5. The summed E-state index contributed by atoms with van der Waals surface area (Å²) in [6.45, 7) is 6.60. The molecule has 2 saturated heterocycles. The van der Waals surface area contributed by atoms with E-state index in [9.17, 15) is 0 Å². The maximum atomic E-state index is 6.09. The first-order valence-corrected chi connectivity index (χ1v) is 7.26. The molecule has 0 amide bonds. The number of ether oxygens (including phenoxy) is 3. The Morgan fingerprint density at radius 2 is 2.00 bits per heavy atom. The van der Waals surface area contributed by atoms with E-state index in [0.717, 1.165) is 45.5 Å². The van der Waals surface area contributed by atoms with Crippen LogP contribution in [0.3, 0.4) is 0 Å². The fourth-order valence-corrected chi connectivity index (χ4v) is 3.47. The zero-order chi connectivity index (χ0) is 13.9. The van der Waals surface area contributed by atoms with Crippen molar-refractivity contribution >= 4 is 0 Å². The average molecular weight is 272 g/mol. The molecule has 0 aromatic carbocycles. The monoisotopic (exact) mass is 272 g/mol. The predicted molar refractivity (Wildman–Crippen MR) is 73.7 cm³/mol. The summed E-state index contributed by atoms with van der Waals surface area (Å²) in [6, 6.07) is 0.140. The summed E-state index contributed by atoms with van der Waals surface area (Å²) in [4.78, 5) is 0. The van der Waals surface area contributed by atoms with Crippen molar-refractivity contribution in [1.29, 1.82) is 0 Å². The second-order valence-corrected chi connectivity index (χ2v) is 6.35. The van der Waals surface area contributed by atoms with Crippen LogP contribution in [0.25, 0.3) is 0 Å². The van der Waals surface area contributed by atoms with E-state index in [0.29, 0.717) is 5.92 Å². The Balaban J connectivity index is 2.07. The lowest BCUT2D eigenvalue weighted by Crippen LogP contribution is -2.58. The molecule has 5 nitrogen and oxygen atoms in total. The molecular weight excluding hydrogens is 244 g/mol. The van der Waals surface area contributed by atoms with Gasteiger partial charge < -0.3 is 14.2 Å². The Hall–Kier alpha value is -0.200. The van der Waals surface area contributed by atoms with Gasteiger partial charge >= 0.3 is 0 Å². The summed E-state index contributed by atoms with van der Waals surface area (Å²) in [5.41, 5.74) is 2.70. The molecule has 0 aromatic rings. The molecule has 112 valence electrons. The van der Waals surface area contributed by atoms with E-state index in [1.165, 1.54) is 0 Å². The molecule has 19 heavy (non-hydrogen) atoms. The van der Waals surface area contributed by atoms with Gasteiger partial charge in [-0.2, -0.15) is 0 Å². The van der Waals surface area contributed by atoms with Crippen molar-refractivity contribution in [3.05, 3.63) is 0 Å². The number of nitrogens with one attached hydrogen (secondary N) is 1. The molecule has 0 radical (unpaired) electrons. The van der Waals surface area contributed by atoms with Gasteiger partial charge in [-0.25, -0.2) is 0 Å². The van der Waals surface area contributed by atoms with E-state index in [-0.39, 0.29) is 17.2 Å². The smallest absolute Gasteiger partial charge is 0.0791 e. The number of methoxy groups -OCH3 is 1. The Kier molecular flexibility index (Phi) is 4.84. The average Bonchev–Trinajstić information content (AvgIpc) is 2.40. The molecule has 2 heterocycles. The SMILES string of the molecule is COC(C)(C)C(NN)C1CCOC2(CCOCC2)C1. The maximum absolute atomic E-state index is 6.09. The molecule has 0 bridgehead atoms. The number of hydrogen-bond donors (Lipinski definition) is 2. The summed E-state index contributed by atoms with van der Waals surface area (Å²) in [7, 11) is 1.74. The lowest BCUT2D eigenvalue weighted by atomic mass is 9.74. The van der Waals surface area contributed by atoms with E-state index in [1.54, 1.807) is 7.11 Å². The number of nitrogens with two attached hydrogens (primary N) is 1. The molecule has 2 unspecified atom stereocenters. The summed E-state index contributed by atoms with van der Waals surface area (Å²) in [6.07, 6.45) is 4.06. The third-order valence-electron chi connectivity index (χ3n) is 4.86. The minimum absolute atomic E-state index is 0.0000874. The Morgan fingerprint density at radius 3 is 2.58 bits per heavy atom. The van der Waals surface area contributed by atoms with E-state index in [2.05, 4.69) is 19.3 Å². The Morgan fingerprint density at radius 1 is 1.32 bits per heavy atom. The highest BCUT2D eigenvalue weighted by Crippen LogP contribution is 2.40. The third kappa shape index (κ3) is 3.28. The highest BCUT2D eigenvalue weighted by molar-refractivity contribution is 4.97. The summed E-state index contributed by atoms with van der Waals surface area (Å²) in [5, 5.41) is 0. The van der Waals surface area contributed by atoms with Crippen LogP contribution in [-0.4, -0.2) is 44.2 Å². The van der Waals surface area contributed by atoms with Crippen LogP contribution in [0.15, 0.2) is 0 Å². The number of hydrazine groups is 1. The van der Waals surface area contributed by atoms with Crippen LogP contribution in [0.1, 0.15) is 39.5 Å². The van der Waals surface area contributed by atoms with E-state index in [1.807, 2.05) is 0 Å². The van der Waals surface area contributed by atoms with Gasteiger partial charge in [0, 0.05) is 26.9 Å². The fourth-order valence-electron chi connectivity index (χ4n) is 3.47. The molecule has 2 aliphatic heterocycles. The second kappa shape index (κ2) is 6.06. The van der Waals surface area contributed by atoms with Gasteiger partial charge in [-0.15, -0.1) is 0 Å². The minimum Gasteiger partial charge on any atom is -0.381 e. The Bertz CT molecular complexity index is 285. The van der Waals surface area contributed by atoms with Crippen molar-refractivity contribution < 1.29 is 14.2 Å². The molecule has 2 atom stereocenters. The van der Waals surface area contributed by atoms with Gasteiger partial charge in [0.05, 0.1) is 17.2 Å². The Labute approximate surface area is 116 Å². The van der Waals surface area contributed by atoms with Gasteiger partial charge in [-0.05, 0) is 45.4 Å². The van der Waals surface area contributed by atoms with Gasteiger partial charge in [0.25, 0.3) is 0 Å². The molecule has 3 N–H and O–H groups in total. The van der Waals surface area contributed by atoms with Crippen LogP contribution in [0.5, 0.6) is 0 Å². The first-order chi connectivity index (χ1) is 9.03. The third-order valence-corrected chi connectivity index (χ3v) is 4.86. The van der Waals surface area contributed by atoms with Crippen LogP contribution in [0.2, 0.25) is 0 Å². The molecule has 0 aromatic heterocycles. The van der Waals surface area contributed by atoms with Gasteiger partial charge in [0.2, 0.25) is 0 Å². The van der Waals surface area contributed by atoms with Crippen LogP contribution >= 0.6 is 0 Å². The lowest BCUT2D eigenvalue weighted by molar-refractivity contribution is -0.159. The zero-order valence-electron chi connectivity index (χ0n) is 12.4. The number of rotatable bonds is 4. The lowest BCUT2D eigenvalue weighted by Gasteiger charge is -2.47. The maximum Gasteiger partial charge on any atom is 0.0791 e. The van der Waals surface area contributed by atoms with Crippen molar-refractivity contribution in [3.8, 4) is 0 Å². The van der Waals surface area contributed by atoms with Crippen molar-refractivity contribution in [3.63, 3.8) is 0 Å².